The molecular formula is C9H6N2O3S. The van der Waals surface area contributed by atoms with Gasteiger partial charge in [0.05, 0.1) is 5.69 Å². The number of aromatic carboxylic acids is 1. The van der Waals surface area contributed by atoms with Crippen molar-refractivity contribution in [2.75, 3.05) is 0 Å². The van der Waals surface area contributed by atoms with Crippen LogP contribution in [0, 0.1) is 0 Å². The highest BCUT2D eigenvalue weighted by Gasteiger charge is 2.11. The maximum Gasteiger partial charge on any atom is 0.341 e. The number of nitrogens with zero attached hydrogens (tertiary/aromatic N) is 1. The summed E-state index contributed by atoms with van der Waals surface area (Å²) < 4.78 is 0. The van der Waals surface area contributed by atoms with Crippen molar-refractivity contribution in [1.82, 2.24) is 10.2 Å². The number of thiophene rings is 1. The fraction of sp³-hybridized carbons (Fsp3) is 0. The molecule has 15 heavy (non-hydrogen) atoms. The van der Waals surface area contributed by atoms with E-state index in [9.17, 15) is 9.59 Å². The average molecular weight is 222 g/mol. The minimum atomic E-state index is -1.25. The van der Waals surface area contributed by atoms with Crippen LogP contribution in [0.5, 0.6) is 0 Å². The van der Waals surface area contributed by atoms with Gasteiger partial charge in [-0.2, -0.15) is 16.4 Å². The standard InChI is InChI=1S/C9H6N2O3S/c12-8-6(9(13)14)3-7(10-11-8)5-1-2-15-4-5/h1-4H,(H,11,12)(H,13,14). The Hall–Kier alpha value is -1.95. The van der Waals surface area contributed by atoms with E-state index in [-0.39, 0.29) is 5.56 Å². The van der Waals surface area contributed by atoms with Gasteiger partial charge < -0.3 is 5.11 Å². The van der Waals surface area contributed by atoms with Crippen molar-refractivity contribution in [2.45, 2.75) is 0 Å². The van der Waals surface area contributed by atoms with Crippen molar-refractivity contribution in [3.63, 3.8) is 0 Å². The summed E-state index contributed by atoms with van der Waals surface area (Å²) in [7, 11) is 0. The Morgan fingerprint density at radius 1 is 1.53 bits per heavy atom. The fourth-order valence-corrected chi connectivity index (χ4v) is 1.77. The number of H-pyrrole nitrogens is 1. The zero-order chi connectivity index (χ0) is 10.8. The van der Waals surface area contributed by atoms with Gasteiger partial charge in [0, 0.05) is 10.9 Å². The van der Waals surface area contributed by atoms with Gasteiger partial charge in [-0.15, -0.1) is 0 Å². The molecule has 2 aromatic rings. The number of aromatic nitrogens is 2. The third-order valence-electron chi connectivity index (χ3n) is 1.85. The van der Waals surface area contributed by atoms with Gasteiger partial charge in [0.15, 0.2) is 0 Å². The number of carbonyl (C=O) groups is 1. The van der Waals surface area contributed by atoms with Crippen molar-refractivity contribution in [3.8, 4) is 11.3 Å². The lowest BCUT2D eigenvalue weighted by Gasteiger charge is -1.97. The van der Waals surface area contributed by atoms with Gasteiger partial charge in [0.1, 0.15) is 5.56 Å². The Kier molecular flexibility index (Phi) is 2.34. The predicted molar refractivity (Wildman–Crippen MR) is 55.1 cm³/mol. The number of rotatable bonds is 2. The summed E-state index contributed by atoms with van der Waals surface area (Å²) in [5.41, 5.74) is 0.250. The van der Waals surface area contributed by atoms with Crippen LogP contribution in [0.15, 0.2) is 27.7 Å². The van der Waals surface area contributed by atoms with E-state index in [1.807, 2.05) is 10.8 Å². The molecule has 0 aliphatic rings. The molecule has 0 radical (unpaired) electrons. The van der Waals surface area contributed by atoms with E-state index in [0.717, 1.165) is 5.56 Å². The molecule has 0 saturated carbocycles. The molecule has 76 valence electrons. The van der Waals surface area contributed by atoms with Crippen LogP contribution in [0.25, 0.3) is 11.3 Å². The zero-order valence-corrected chi connectivity index (χ0v) is 8.25. The minimum absolute atomic E-state index is 0.300. The van der Waals surface area contributed by atoms with E-state index in [1.54, 1.807) is 6.07 Å². The maximum absolute atomic E-state index is 11.1. The number of carboxylic acids is 1. The lowest BCUT2D eigenvalue weighted by atomic mass is 10.2. The van der Waals surface area contributed by atoms with E-state index in [2.05, 4.69) is 10.2 Å². The van der Waals surface area contributed by atoms with Crippen LogP contribution in [0.2, 0.25) is 0 Å². The van der Waals surface area contributed by atoms with Crippen LogP contribution >= 0.6 is 11.3 Å². The molecule has 2 rings (SSSR count). The highest BCUT2D eigenvalue weighted by atomic mass is 32.1. The number of aromatic amines is 1. The molecule has 0 unspecified atom stereocenters. The number of hydrogen-bond donors (Lipinski definition) is 2. The maximum atomic E-state index is 11.1. The summed E-state index contributed by atoms with van der Waals surface area (Å²) in [5, 5.41) is 18.3. The van der Waals surface area contributed by atoms with Crippen LogP contribution in [0.4, 0.5) is 0 Å². The average Bonchev–Trinajstić information content (AvgIpc) is 2.71. The van der Waals surface area contributed by atoms with Crippen LogP contribution in [0.3, 0.4) is 0 Å². The van der Waals surface area contributed by atoms with Crippen molar-refractivity contribution in [3.05, 3.63) is 38.8 Å². The van der Waals surface area contributed by atoms with Gasteiger partial charge in [0.2, 0.25) is 0 Å². The quantitative estimate of drug-likeness (QED) is 0.799. The monoisotopic (exact) mass is 222 g/mol. The van der Waals surface area contributed by atoms with E-state index in [0.29, 0.717) is 5.69 Å². The van der Waals surface area contributed by atoms with Crippen LogP contribution in [-0.2, 0) is 0 Å². The van der Waals surface area contributed by atoms with Gasteiger partial charge in [-0.05, 0) is 17.5 Å². The molecule has 0 aliphatic carbocycles. The molecule has 0 saturated heterocycles. The molecule has 0 spiro atoms. The van der Waals surface area contributed by atoms with E-state index in [4.69, 9.17) is 5.11 Å². The van der Waals surface area contributed by atoms with Gasteiger partial charge in [-0.25, -0.2) is 9.89 Å². The molecule has 6 heteroatoms. The van der Waals surface area contributed by atoms with Crippen LogP contribution in [0.1, 0.15) is 10.4 Å². The number of carboxylic acid groups (broad SMARTS) is 1. The lowest BCUT2D eigenvalue weighted by Crippen LogP contribution is -2.18. The summed E-state index contributed by atoms with van der Waals surface area (Å²) in [6, 6.07) is 3.07. The Balaban J connectivity index is 2.57. The van der Waals surface area contributed by atoms with Crippen LogP contribution in [-0.4, -0.2) is 21.3 Å². The first-order chi connectivity index (χ1) is 7.18. The second-order valence-corrected chi connectivity index (χ2v) is 3.59. The van der Waals surface area contributed by atoms with Gasteiger partial charge >= 0.3 is 5.97 Å². The molecule has 0 atom stereocenters. The first-order valence-corrected chi connectivity index (χ1v) is 4.98. The SMILES string of the molecule is O=C(O)c1cc(-c2ccsc2)n[nH]c1=O. The molecular weight excluding hydrogens is 216 g/mol. The third kappa shape index (κ3) is 1.79. The second-order valence-electron chi connectivity index (χ2n) is 2.81. The molecule has 2 aromatic heterocycles. The summed E-state index contributed by atoms with van der Waals surface area (Å²) in [6.07, 6.45) is 0. The molecule has 5 nitrogen and oxygen atoms in total. The number of hydrogen-bond acceptors (Lipinski definition) is 4. The van der Waals surface area contributed by atoms with Crippen molar-refractivity contribution >= 4 is 17.3 Å². The van der Waals surface area contributed by atoms with E-state index >= 15 is 0 Å². The molecule has 0 aliphatic heterocycles. The number of nitrogens with one attached hydrogen (secondary N) is 1. The van der Waals surface area contributed by atoms with E-state index in [1.165, 1.54) is 17.4 Å². The Morgan fingerprint density at radius 2 is 2.33 bits per heavy atom. The van der Waals surface area contributed by atoms with Gasteiger partial charge in [-0.3, -0.25) is 4.79 Å². The summed E-state index contributed by atoms with van der Waals surface area (Å²) in [4.78, 5) is 21.8. The second kappa shape index (κ2) is 3.66. The Labute approximate surface area is 88.0 Å². The summed E-state index contributed by atoms with van der Waals surface area (Å²) in [5.74, 6) is -1.25. The highest BCUT2D eigenvalue weighted by Crippen LogP contribution is 2.18. The normalized spacial score (nSPS) is 10.1. The van der Waals surface area contributed by atoms with Crippen molar-refractivity contribution in [1.29, 1.82) is 0 Å². The molecule has 2 heterocycles. The molecule has 2 N–H and O–H groups in total. The smallest absolute Gasteiger partial charge is 0.341 e. The van der Waals surface area contributed by atoms with Crippen molar-refractivity contribution < 1.29 is 9.90 Å². The summed E-state index contributed by atoms with van der Waals surface area (Å²) >= 11 is 1.47. The van der Waals surface area contributed by atoms with Gasteiger partial charge in [0.25, 0.3) is 5.56 Å². The Morgan fingerprint density at radius 3 is 2.93 bits per heavy atom. The van der Waals surface area contributed by atoms with Crippen LogP contribution < -0.4 is 5.56 Å². The first-order valence-electron chi connectivity index (χ1n) is 4.04. The first kappa shape index (κ1) is 9.60. The predicted octanol–water partition coefficient (Wildman–Crippen LogP) is 1.20. The zero-order valence-electron chi connectivity index (χ0n) is 7.43. The molecule has 0 bridgehead atoms. The summed E-state index contributed by atoms with van der Waals surface area (Å²) in [6.45, 7) is 0. The molecule has 0 fully saturated rings. The van der Waals surface area contributed by atoms with E-state index < -0.39 is 11.5 Å². The van der Waals surface area contributed by atoms with Gasteiger partial charge in [-0.1, -0.05) is 0 Å². The molecule has 0 amide bonds. The highest BCUT2D eigenvalue weighted by molar-refractivity contribution is 7.08. The lowest BCUT2D eigenvalue weighted by molar-refractivity contribution is 0.0694. The minimum Gasteiger partial charge on any atom is -0.477 e. The fourth-order valence-electron chi connectivity index (χ4n) is 1.12. The topological polar surface area (TPSA) is 83.0 Å². The largest absolute Gasteiger partial charge is 0.477 e. The third-order valence-corrected chi connectivity index (χ3v) is 2.53. The van der Waals surface area contributed by atoms with Crippen molar-refractivity contribution in [2.24, 2.45) is 0 Å². The molecule has 0 aromatic carbocycles. The Bertz CT molecular complexity index is 545.